The lowest BCUT2D eigenvalue weighted by molar-refractivity contribution is 0.0474. The molecule has 0 aromatic heterocycles. The number of ether oxygens (including phenoxy) is 1. The van der Waals surface area contributed by atoms with Crippen LogP contribution in [0.3, 0.4) is 0 Å². The van der Waals surface area contributed by atoms with Crippen LogP contribution in [0.25, 0.3) is 5.57 Å². The third-order valence-electron chi connectivity index (χ3n) is 4.17. The van der Waals surface area contributed by atoms with Gasteiger partial charge in [-0.15, -0.1) is 0 Å². The highest BCUT2D eigenvalue weighted by atomic mass is 16.5. The lowest BCUT2D eigenvalue weighted by atomic mass is 10.1. The number of carbonyl (C=O) groups excluding carboxylic acids is 1. The first-order valence-corrected chi connectivity index (χ1v) is 8.81. The second kappa shape index (κ2) is 8.79. The predicted octanol–water partition coefficient (Wildman–Crippen LogP) is 5.76. The molecule has 0 aliphatic carbocycles. The molecule has 0 unspecified atom stereocenters. The fraction of sp³-hybridized carbons (Fsp3) is 0.125. The van der Waals surface area contributed by atoms with Gasteiger partial charge in [0.05, 0.1) is 11.3 Å². The molecule has 0 atom stereocenters. The van der Waals surface area contributed by atoms with Crippen molar-refractivity contribution in [3.8, 4) is 0 Å². The van der Waals surface area contributed by atoms with E-state index in [-0.39, 0.29) is 6.61 Å². The smallest absolute Gasteiger partial charge is 0.340 e. The average Bonchev–Trinajstić information content (AvgIpc) is 2.72. The van der Waals surface area contributed by atoms with Crippen LogP contribution in [0.15, 0.2) is 83.9 Å². The standard InChI is InChI=1S/C24H21NO2/c1-18-12-14-20(15-13-18)17-27-24(26)22-10-6-7-11-23(22)25-16-19(2)21-8-4-3-5-9-21/h3-15H,17H2,1-2H3. The molecule has 27 heavy (non-hydrogen) atoms. The number of aryl methyl sites for hydroxylation is 1. The van der Waals surface area contributed by atoms with E-state index in [1.165, 1.54) is 5.56 Å². The van der Waals surface area contributed by atoms with Crippen molar-refractivity contribution in [1.29, 1.82) is 0 Å². The maximum absolute atomic E-state index is 12.5. The number of nitrogens with zero attached hydrogens (tertiary/aromatic N) is 1. The van der Waals surface area contributed by atoms with Crippen LogP contribution in [0.4, 0.5) is 5.69 Å². The molecule has 0 N–H and O–H groups in total. The van der Waals surface area contributed by atoms with Crippen molar-refractivity contribution in [2.45, 2.75) is 20.5 Å². The Kier molecular flexibility index (Phi) is 5.98. The quantitative estimate of drug-likeness (QED) is 0.431. The van der Waals surface area contributed by atoms with Gasteiger partial charge in [0.2, 0.25) is 0 Å². The Bertz CT molecular complexity index is 982. The molecule has 3 aromatic rings. The maximum atomic E-state index is 12.5. The Morgan fingerprint density at radius 2 is 1.59 bits per heavy atom. The van der Waals surface area contributed by atoms with E-state index in [4.69, 9.17) is 4.74 Å². The largest absolute Gasteiger partial charge is 0.457 e. The van der Waals surface area contributed by atoms with Crippen molar-refractivity contribution < 1.29 is 9.53 Å². The van der Waals surface area contributed by atoms with Crippen molar-refractivity contribution in [2.24, 2.45) is 4.99 Å². The fourth-order valence-corrected chi connectivity index (χ4v) is 2.55. The first kappa shape index (κ1) is 18.4. The van der Waals surface area contributed by atoms with E-state index in [1.54, 1.807) is 18.2 Å². The summed E-state index contributed by atoms with van der Waals surface area (Å²) in [6.45, 7) is 4.20. The van der Waals surface area contributed by atoms with Gasteiger partial charge in [-0.3, -0.25) is 0 Å². The molecular weight excluding hydrogens is 334 g/mol. The molecule has 0 spiro atoms. The maximum Gasteiger partial charge on any atom is 0.340 e. The van der Waals surface area contributed by atoms with E-state index >= 15 is 0 Å². The van der Waals surface area contributed by atoms with E-state index in [0.717, 1.165) is 16.7 Å². The van der Waals surface area contributed by atoms with Gasteiger partial charge in [-0.2, -0.15) is 0 Å². The Morgan fingerprint density at radius 1 is 0.926 bits per heavy atom. The minimum Gasteiger partial charge on any atom is -0.457 e. The molecule has 3 aromatic carbocycles. The topological polar surface area (TPSA) is 38.7 Å². The van der Waals surface area contributed by atoms with E-state index in [2.05, 4.69) is 10.9 Å². The number of rotatable bonds is 5. The van der Waals surface area contributed by atoms with Crippen molar-refractivity contribution in [3.05, 3.63) is 101 Å². The van der Waals surface area contributed by atoms with E-state index < -0.39 is 5.97 Å². The summed E-state index contributed by atoms with van der Waals surface area (Å²) in [6.07, 6.45) is 0. The lowest BCUT2D eigenvalue weighted by Crippen LogP contribution is -2.05. The molecule has 0 aliphatic rings. The number of benzene rings is 3. The van der Waals surface area contributed by atoms with E-state index in [9.17, 15) is 4.79 Å². The van der Waals surface area contributed by atoms with Gasteiger partial charge in [0.15, 0.2) is 0 Å². The molecular formula is C24H21NO2. The molecule has 3 nitrogen and oxygen atoms in total. The molecule has 0 heterocycles. The summed E-state index contributed by atoms with van der Waals surface area (Å²) in [4.78, 5) is 16.9. The van der Waals surface area contributed by atoms with Gasteiger partial charge in [-0.1, -0.05) is 72.3 Å². The zero-order chi connectivity index (χ0) is 19.1. The Morgan fingerprint density at radius 3 is 2.33 bits per heavy atom. The van der Waals surface area contributed by atoms with Crippen LogP contribution in [0.5, 0.6) is 0 Å². The highest BCUT2D eigenvalue weighted by Gasteiger charge is 2.12. The predicted molar refractivity (Wildman–Crippen MR) is 109 cm³/mol. The van der Waals surface area contributed by atoms with Crippen LogP contribution in [-0.4, -0.2) is 11.8 Å². The van der Waals surface area contributed by atoms with Gasteiger partial charge < -0.3 is 4.74 Å². The summed E-state index contributed by atoms with van der Waals surface area (Å²) in [5.74, 6) is 2.63. The van der Waals surface area contributed by atoms with E-state index in [1.807, 2.05) is 74.5 Å². The van der Waals surface area contributed by atoms with Crippen molar-refractivity contribution >= 4 is 23.1 Å². The Balaban J connectivity index is 1.78. The lowest BCUT2D eigenvalue weighted by Gasteiger charge is -2.07. The van der Waals surface area contributed by atoms with Gasteiger partial charge >= 0.3 is 5.97 Å². The third-order valence-corrected chi connectivity index (χ3v) is 4.17. The molecule has 3 rings (SSSR count). The zero-order valence-corrected chi connectivity index (χ0v) is 15.5. The summed E-state index contributed by atoms with van der Waals surface area (Å²) in [5.41, 5.74) is 5.04. The second-order valence-corrected chi connectivity index (χ2v) is 6.29. The first-order chi connectivity index (χ1) is 13.1. The molecule has 134 valence electrons. The van der Waals surface area contributed by atoms with Gasteiger partial charge in [0, 0.05) is 5.57 Å². The fourth-order valence-electron chi connectivity index (χ4n) is 2.55. The summed E-state index contributed by atoms with van der Waals surface area (Å²) in [7, 11) is 0. The van der Waals surface area contributed by atoms with Crippen molar-refractivity contribution in [2.75, 3.05) is 0 Å². The highest BCUT2D eigenvalue weighted by Crippen LogP contribution is 2.20. The monoisotopic (exact) mass is 355 g/mol. The molecule has 0 aliphatic heterocycles. The molecule has 0 fully saturated rings. The first-order valence-electron chi connectivity index (χ1n) is 8.81. The minimum atomic E-state index is -0.394. The Hall–Kier alpha value is -3.42. The summed E-state index contributed by atoms with van der Waals surface area (Å²) in [6, 6.07) is 25.0. The van der Waals surface area contributed by atoms with Crippen LogP contribution in [-0.2, 0) is 11.3 Å². The number of hydrogen-bond acceptors (Lipinski definition) is 3. The zero-order valence-electron chi connectivity index (χ0n) is 15.5. The van der Waals surface area contributed by atoms with Crippen LogP contribution in [0.1, 0.15) is 34.0 Å². The Labute approximate surface area is 159 Å². The normalized spacial score (nSPS) is 10.0. The number of carbonyl (C=O) groups is 1. The van der Waals surface area contributed by atoms with Crippen molar-refractivity contribution in [1.82, 2.24) is 0 Å². The van der Waals surface area contributed by atoms with Gasteiger partial charge in [-0.25, -0.2) is 9.79 Å². The molecule has 0 saturated carbocycles. The number of allylic oxidation sites excluding steroid dienone is 1. The van der Waals surface area contributed by atoms with Gasteiger partial charge in [-0.05, 0) is 43.0 Å². The molecule has 3 heteroatoms. The number of aliphatic imine (C=N–C) groups is 1. The molecule has 0 bridgehead atoms. The van der Waals surface area contributed by atoms with Crippen LogP contribution >= 0.6 is 0 Å². The summed E-state index contributed by atoms with van der Waals surface area (Å²) in [5, 5.41) is 0. The number of para-hydroxylation sites is 1. The second-order valence-electron chi connectivity index (χ2n) is 6.29. The summed E-state index contributed by atoms with van der Waals surface area (Å²) < 4.78 is 5.45. The average molecular weight is 355 g/mol. The van der Waals surface area contributed by atoms with Gasteiger partial charge in [0.25, 0.3) is 0 Å². The molecule has 0 radical (unpaired) electrons. The van der Waals surface area contributed by atoms with Crippen LogP contribution in [0, 0.1) is 6.92 Å². The third kappa shape index (κ3) is 5.04. The molecule has 0 amide bonds. The van der Waals surface area contributed by atoms with Crippen LogP contribution < -0.4 is 0 Å². The van der Waals surface area contributed by atoms with Gasteiger partial charge in [0.1, 0.15) is 6.61 Å². The number of esters is 1. The highest BCUT2D eigenvalue weighted by molar-refractivity contribution is 5.97. The van der Waals surface area contributed by atoms with E-state index in [0.29, 0.717) is 11.3 Å². The number of hydrogen-bond donors (Lipinski definition) is 0. The SMILES string of the molecule is CC(=C=Nc1ccccc1C(=O)OCc1ccc(C)cc1)c1ccccc1. The summed E-state index contributed by atoms with van der Waals surface area (Å²) >= 11 is 0. The minimum absolute atomic E-state index is 0.232. The molecule has 0 saturated heterocycles. The van der Waals surface area contributed by atoms with Crippen molar-refractivity contribution in [3.63, 3.8) is 0 Å². The van der Waals surface area contributed by atoms with Crippen LogP contribution in [0.2, 0.25) is 0 Å².